The van der Waals surface area contributed by atoms with Crippen molar-refractivity contribution >= 4 is 22.8 Å². The maximum Gasteiger partial charge on any atom is 0.306 e. The number of rotatable bonds is 4. The number of para-hydroxylation sites is 1. The van der Waals surface area contributed by atoms with E-state index >= 15 is 0 Å². The van der Waals surface area contributed by atoms with Crippen molar-refractivity contribution < 1.29 is 19.4 Å². The predicted octanol–water partition coefficient (Wildman–Crippen LogP) is 0.0986. The van der Waals surface area contributed by atoms with Gasteiger partial charge in [0.15, 0.2) is 0 Å². The third-order valence-corrected chi connectivity index (χ3v) is 3.93. The van der Waals surface area contributed by atoms with E-state index in [0.717, 1.165) is 0 Å². The van der Waals surface area contributed by atoms with Crippen LogP contribution in [0.4, 0.5) is 0 Å². The number of amides is 1. The topological polar surface area (TPSA) is 102 Å². The van der Waals surface area contributed by atoms with E-state index in [1.807, 2.05) is 0 Å². The predicted molar refractivity (Wildman–Crippen MR) is 84.6 cm³/mol. The van der Waals surface area contributed by atoms with Gasteiger partial charge >= 0.3 is 5.97 Å². The highest BCUT2D eigenvalue weighted by Gasteiger charge is 2.26. The molecular weight excluding hydrogens is 314 g/mol. The molecule has 0 radical (unpaired) electrons. The number of aliphatic carboxylic acids is 1. The van der Waals surface area contributed by atoms with Gasteiger partial charge in [0.05, 0.1) is 36.4 Å². The van der Waals surface area contributed by atoms with Gasteiger partial charge in [-0.25, -0.2) is 4.98 Å². The van der Waals surface area contributed by atoms with Crippen LogP contribution in [0.1, 0.15) is 6.42 Å². The Hall–Kier alpha value is -2.74. The highest BCUT2D eigenvalue weighted by atomic mass is 16.5. The van der Waals surface area contributed by atoms with Crippen LogP contribution in [0.25, 0.3) is 10.9 Å². The fourth-order valence-electron chi connectivity index (χ4n) is 2.73. The van der Waals surface area contributed by atoms with Gasteiger partial charge in [-0.2, -0.15) is 0 Å². The Morgan fingerprint density at radius 3 is 2.92 bits per heavy atom. The quantitative estimate of drug-likeness (QED) is 0.852. The zero-order valence-electron chi connectivity index (χ0n) is 12.9. The fourth-order valence-corrected chi connectivity index (χ4v) is 2.73. The van der Waals surface area contributed by atoms with Crippen molar-refractivity contribution in [2.24, 2.45) is 0 Å². The minimum atomic E-state index is -0.968. The van der Waals surface area contributed by atoms with Gasteiger partial charge in [-0.15, -0.1) is 0 Å². The molecule has 24 heavy (non-hydrogen) atoms. The van der Waals surface area contributed by atoms with E-state index in [4.69, 9.17) is 9.84 Å². The van der Waals surface area contributed by atoms with Crippen molar-refractivity contribution in [2.75, 3.05) is 19.7 Å². The van der Waals surface area contributed by atoms with Gasteiger partial charge in [-0.3, -0.25) is 19.0 Å². The maximum absolute atomic E-state index is 12.4. The second kappa shape index (κ2) is 6.79. The van der Waals surface area contributed by atoms with Crippen LogP contribution in [0.5, 0.6) is 0 Å². The molecule has 1 saturated heterocycles. The minimum Gasteiger partial charge on any atom is -0.481 e. The lowest BCUT2D eigenvalue weighted by Gasteiger charge is -2.32. The van der Waals surface area contributed by atoms with Crippen LogP contribution >= 0.6 is 0 Å². The molecular formula is C16H17N3O5. The zero-order chi connectivity index (χ0) is 17.1. The number of carboxylic acid groups (broad SMARTS) is 1. The summed E-state index contributed by atoms with van der Waals surface area (Å²) in [5, 5.41) is 9.28. The molecule has 0 aliphatic carbocycles. The Kier molecular flexibility index (Phi) is 4.57. The zero-order valence-corrected chi connectivity index (χ0v) is 12.9. The monoisotopic (exact) mass is 331 g/mol. The molecule has 8 heteroatoms. The van der Waals surface area contributed by atoms with Crippen LogP contribution in [-0.2, 0) is 20.9 Å². The van der Waals surface area contributed by atoms with Crippen LogP contribution in [0.2, 0.25) is 0 Å². The number of hydrogen-bond donors (Lipinski definition) is 1. The lowest BCUT2D eigenvalue weighted by Crippen LogP contribution is -2.48. The summed E-state index contributed by atoms with van der Waals surface area (Å²) in [6.07, 6.45) is 0.686. The van der Waals surface area contributed by atoms with Crippen molar-refractivity contribution in [1.29, 1.82) is 0 Å². The summed E-state index contributed by atoms with van der Waals surface area (Å²) in [7, 11) is 0. The lowest BCUT2D eigenvalue weighted by atomic mass is 10.2. The standard InChI is InChI=1S/C16H17N3O5/c20-14(18-5-6-24-11(8-18)7-15(21)22)9-19-10-17-13-4-2-1-3-12(13)16(19)23/h1-4,10-11H,5-9H2,(H,21,22). The van der Waals surface area contributed by atoms with Crippen LogP contribution in [0.3, 0.4) is 0 Å². The molecule has 3 rings (SSSR count). The van der Waals surface area contributed by atoms with E-state index in [0.29, 0.717) is 17.4 Å². The van der Waals surface area contributed by atoms with Gasteiger partial charge in [0.25, 0.3) is 5.56 Å². The molecule has 8 nitrogen and oxygen atoms in total. The summed E-state index contributed by atoms with van der Waals surface area (Å²) < 4.78 is 6.62. The number of aromatic nitrogens is 2. The number of morpholine rings is 1. The molecule has 1 aromatic carbocycles. The lowest BCUT2D eigenvalue weighted by molar-refractivity contribution is -0.148. The smallest absolute Gasteiger partial charge is 0.306 e. The van der Waals surface area contributed by atoms with E-state index in [9.17, 15) is 14.4 Å². The molecule has 1 N–H and O–H groups in total. The first kappa shape index (κ1) is 16.1. The van der Waals surface area contributed by atoms with Gasteiger partial charge in [0.2, 0.25) is 5.91 Å². The molecule has 1 aliphatic heterocycles. The molecule has 1 aliphatic rings. The largest absolute Gasteiger partial charge is 0.481 e. The maximum atomic E-state index is 12.4. The van der Waals surface area contributed by atoms with Crippen LogP contribution in [0.15, 0.2) is 35.4 Å². The number of carbonyl (C=O) groups is 2. The van der Waals surface area contributed by atoms with Crippen molar-refractivity contribution in [1.82, 2.24) is 14.5 Å². The number of ether oxygens (including phenoxy) is 1. The second-order valence-electron chi connectivity index (χ2n) is 5.63. The molecule has 1 fully saturated rings. The Morgan fingerprint density at radius 1 is 1.33 bits per heavy atom. The number of hydrogen-bond acceptors (Lipinski definition) is 5. The first-order valence-electron chi connectivity index (χ1n) is 7.60. The number of carboxylic acids is 1. The molecule has 1 aromatic heterocycles. The van der Waals surface area contributed by atoms with E-state index < -0.39 is 12.1 Å². The van der Waals surface area contributed by atoms with Crippen LogP contribution in [0, 0.1) is 0 Å². The SMILES string of the molecule is O=C(O)CC1CN(C(=O)Cn2cnc3ccccc3c2=O)CCO1. The van der Waals surface area contributed by atoms with Crippen molar-refractivity contribution in [3.8, 4) is 0 Å². The molecule has 1 atom stereocenters. The second-order valence-corrected chi connectivity index (χ2v) is 5.63. The Bertz CT molecular complexity index is 832. The molecule has 2 aromatic rings. The van der Waals surface area contributed by atoms with Crippen molar-refractivity contribution in [2.45, 2.75) is 19.1 Å². The molecule has 1 amide bonds. The average Bonchev–Trinajstić information content (AvgIpc) is 2.57. The highest BCUT2D eigenvalue weighted by molar-refractivity contribution is 5.79. The number of carbonyl (C=O) groups excluding carboxylic acids is 1. The molecule has 2 heterocycles. The third-order valence-electron chi connectivity index (χ3n) is 3.93. The summed E-state index contributed by atoms with van der Waals surface area (Å²) in [6, 6.07) is 6.95. The summed E-state index contributed by atoms with van der Waals surface area (Å²) in [6.45, 7) is 0.747. The summed E-state index contributed by atoms with van der Waals surface area (Å²) in [4.78, 5) is 41.3. The summed E-state index contributed by atoms with van der Waals surface area (Å²) in [5.41, 5.74) is 0.309. The van der Waals surface area contributed by atoms with E-state index in [-0.39, 0.29) is 37.6 Å². The van der Waals surface area contributed by atoms with Gasteiger partial charge in [-0.1, -0.05) is 12.1 Å². The van der Waals surface area contributed by atoms with E-state index in [1.165, 1.54) is 15.8 Å². The van der Waals surface area contributed by atoms with E-state index in [1.54, 1.807) is 24.3 Å². The first-order chi connectivity index (χ1) is 11.5. The Labute approximate surface area is 137 Å². The summed E-state index contributed by atoms with van der Waals surface area (Å²) >= 11 is 0. The third kappa shape index (κ3) is 3.43. The summed E-state index contributed by atoms with van der Waals surface area (Å²) in [5.74, 6) is -1.22. The number of nitrogens with zero attached hydrogens (tertiary/aromatic N) is 3. The number of fused-ring (bicyclic) bond motifs is 1. The van der Waals surface area contributed by atoms with Crippen LogP contribution < -0.4 is 5.56 Å². The van der Waals surface area contributed by atoms with Gasteiger partial charge in [0, 0.05) is 13.1 Å². The minimum absolute atomic E-state index is 0.129. The van der Waals surface area contributed by atoms with Crippen molar-refractivity contribution in [3.63, 3.8) is 0 Å². The Morgan fingerprint density at radius 2 is 2.12 bits per heavy atom. The van der Waals surface area contributed by atoms with Gasteiger partial charge in [-0.05, 0) is 12.1 Å². The molecule has 0 bridgehead atoms. The van der Waals surface area contributed by atoms with Crippen LogP contribution in [-0.4, -0.2) is 57.2 Å². The fraction of sp³-hybridized carbons (Fsp3) is 0.375. The molecule has 0 saturated carbocycles. The normalized spacial score (nSPS) is 17.8. The molecule has 0 spiro atoms. The number of benzene rings is 1. The van der Waals surface area contributed by atoms with E-state index in [2.05, 4.69) is 4.98 Å². The highest BCUT2D eigenvalue weighted by Crippen LogP contribution is 2.10. The Balaban J connectivity index is 1.74. The van der Waals surface area contributed by atoms with Gasteiger partial charge < -0.3 is 14.7 Å². The van der Waals surface area contributed by atoms with Gasteiger partial charge in [0.1, 0.15) is 6.54 Å². The first-order valence-corrected chi connectivity index (χ1v) is 7.60. The molecule has 1 unspecified atom stereocenters. The average molecular weight is 331 g/mol. The van der Waals surface area contributed by atoms with Crippen molar-refractivity contribution in [3.05, 3.63) is 40.9 Å². The molecule has 126 valence electrons.